The molecule has 0 saturated carbocycles. The normalized spacial score (nSPS) is 27.1. The van der Waals surface area contributed by atoms with Crippen molar-refractivity contribution in [3.63, 3.8) is 0 Å². The molecule has 0 radical (unpaired) electrons. The highest BCUT2D eigenvalue weighted by Gasteiger charge is 2.26. The van der Waals surface area contributed by atoms with Crippen LogP contribution in [0.4, 0.5) is 0 Å². The van der Waals surface area contributed by atoms with E-state index in [0.29, 0.717) is 4.75 Å². The number of rotatable bonds is 4. The lowest BCUT2D eigenvalue weighted by Crippen LogP contribution is -2.25. The summed E-state index contributed by atoms with van der Waals surface area (Å²) < 4.78 is 5.97. The van der Waals surface area contributed by atoms with Crippen molar-refractivity contribution in [1.29, 1.82) is 0 Å². The Labute approximate surface area is 92.3 Å². The Morgan fingerprint density at radius 1 is 1.43 bits per heavy atom. The van der Waals surface area contributed by atoms with Gasteiger partial charge in [0, 0.05) is 4.75 Å². The molecule has 0 aromatic heterocycles. The largest absolute Gasteiger partial charge is 0.501 e. The second-order valence-corrected chi connectivity index (χ2v) is 6.25. The van der Waals surface area contributed by atoms with Gasteiger partial charge in [0.2, 0.25) is 0 Å². The van der Waals surface area contributed by atoms with Gasteiger partial charge in [-0.15, -0.1) is 0 Å². The van der Waals surface area contributed by atoms with Crippen LogP contribution in [0, 0.1) is 0 Å². The number of ether oxygens (including phenoxy) is 1. The molecule has 1 unspecified atom stereocenters. The monoisotopic (exact) mass is 214 g/mol. The van der Waals surface area contributed by atoms with E-state index in [2.05, 4.69) is 32.5 Å². The van der Waals surface area contributed by atoms with Crippen LogP contribution in [-0.2, 0) is 4.74 Å². The average Bonchev–Trinajstić information content (AvgIpc) is 2.14. The lowest BCUT2D eigenvalue weighted by Gasteiger charge is -2.32. The molecule has 1 aliphatic rings. The smallest absolute Gasteiger partial charge is 0.0886 e. The van der Waals surface area contributed by atoms with Crippen molar-refractivity contribution in [3.8, 4) is 0 Å². The van der Waals surface area contributed by atoms with E-state index >= 15 is 0 Å². The molecule has 1 fully saturated rings. The molecule has 0 aliphatic carbocycles. The van der Waals surface area contributed by atoms with Gasteiger partial charge in [-0.2, -0.15) is 11.8 Å². The van der Waals surface area contributed by atoms with Gasteiger partial charge in [-0.3, -0.25) is 0 Å². The zero-order valence-corrected chi connectivity index (χ0v) is 10.5. The van der Waals surface area contributed by atoms with Gasteiger partial charge in [0.25, 0.3) is 0 Å². The van der Waals surface area contributed by atoms with E-state index in [1.807, 2.05) is 6.26 Å². The number of hydrogen-bond acceptors (Lipinski definition) is 2. The summed E-state index contributed by atoms with van der Waals surface area (Å²) in [5.41, 5.74) is 1.24. The minimum atomic E-state index is 0.480. The summed E-state index contributed by atoms with van der Waals surface area (Å²) in [6, 6.07) is 0. The molecule has 14 heavy (non-hydrogen) atoms. The molecule has 0 spiro atoms. The first-order chi connectivity index (χ1) is 6.62. The van der Waals surface area contributed by atoms with Gasteiger partial charge in [0.05, 0.1) is 12.9 Å². The fraction of sp³-hybridized carbons (Fsp3) is 0.833. The number of thioether (sulfide) groups is 1. The van der Waals surface area contributed by atoms with Crippen molar-refractivity contribution in [3.05, 3.63) is 11.8 Å². The van der Waals surface area contributed by atoms with Crippen LogP contribution in [0.5, 0.6) is 0 Å². The molecule has 0 amide bonds. The molecule has 1 saturated heterocycles. The van der Waals surface area contributed by atoms with Crippen LogP contribution in [-0.4, -0.2) is 17.1 Å². The van der Waals surface area contributed by atoms with Crippen LogP contribution in [0.1, 0.15) is 46.5 Å². The predicted molar refractivity (Wildman–Crippen MR) is 64.7 cm³/mol. The summed E-state index contributed by atoms with van der Waals surface area (Å²) in [7, 11) is 0. The number of allylic oxidation sites excluding steroid dienone is 1. The van der Waals surface area contributed by atoms with E-state index in [4.69, 9.17) is 4.74 Å². The molecule has 2 heteroatoms. The third kappa shape index (κ3) is 4.41. The van der Waals surface area contributed by atoms with E-state index < -0.39 is 0 Å². The van der Waals surface area contributed by atoms with Gasteiger partial charge in [-0.05, 0) is 44.4 Å². The van der Waals surface area contributed by atoms with Crippen molar-refractivity contribution in [2.45, 2.75) is 51.2 Å². The maximum Gasteiger partial charge on any atom is 0.0886 e. The molecule has 0 aromatic rings. The Balaban J connectivity index is 2.19. The third-order valence-electron chi connectivity index (χ3n) is 2.62. The average molecular weight is 214 g/mol. The molecule has 1 rings (SSSR count). The van der Waals surface area contributed by atoms with Crippen molar-refractivity contribution < 1.29 is 4.74 Å². The molecule has 1 atom stereocenters. The zero-order valence-electron chi connectivity index (χ0n) is 9.64. The van der Waals surface area contributed by atoms with Crippen LogP contribution >= 0.6 is 11.8 Å². The standard InChI is InChI=1S/C12H22OS/c1-11(2)10-13-8-7-12(3)6-4-5-9-14-12/h10H,4-9H2,1-3H3. The molecule has 0 N–H and O–H groups in total. The van der Waals surface area contributed by atoms with Gasteiger partial charge >= 0.3 is 0 Å². The summed E-state index contributed by atoms with van der Waals surface area (Å²) in [5.74, 6) is 1.33. The van der Waals surface area contributed by atoms with Crippen molar-refractivity contribution >= 4 is 11.8 Å². The van der Waals surface area contributed by atoms with Gasteiger partial charge in [-0.1, -0.05) is 13.3 Å². The quantitative estimate of drug-likeness (QED) is 0.517. The fourth-order valence-electron chi connectivity index (χ4n) is 1.69. The highest BCUT2D eigenvalue weighted by atomic mass is 32.2. The van der Waals surface area contributed by atoms with Crippen LogP contribution in [0.3, 0.4) is 0 Å². The van der Waals surface area contributed by atoms with Gasteiger partial charge in [-0.25, -0.2) is 0 Å². The molecule has 82 valence electrons. The molecule has 1 nitrogen and oxygen atoms in total. The van der Waals surface area contributed by atoms with E-state index in [9.17, 15) is 0 Å². The lowest BCUT2D eigenvalue weighted by molar-refractivity contribution is 0.226. The first-order valence-electron chi connectivity index (χ1n) is 5.51. The molecule has 1 heterocycles. The molecule has 1 aliphatic heterocycles. The van der Waals surface area contributed by atoms with E-state index in [0.717, 1.165) is 6.61 Å². The van der Waals surface area contributed by atoms with Crippen molar-refractivity contribution in [2.24, 2.45) is 0 Å². The molecular weight excluding hydrogens is 192 g/mol. The van der Waals surface area contributed by atoms with Gasteiger partial charge in [0.15, 0.2) is 0 Å². The second-order valence-electron chi connectivity index (χ2n) is 4.57. The molecule has 0 bridgehead atoms. The topological polar surface area (TPSA) is 9.23 Å². The van der Waals surface area contributed by atoms with Crippen LogP contribution in [0.2, 0.25) is 0 Å². The molecule has 0 aromatic carbocycles. The van der Waals surface area contributed by atoms with E-state index in [1.54, 1.807) is 0 Å². The van der Waals surface area contributed by atoms with E-state index in [-0.39, 0.29) is 0 Å². The Bertz CT molecular complexity index is 188. The maximum atomic E-state index is 5.49. The fourth-order valence-corrected chi connectivity index (χ4v) is 3.05. The first-order valence-corrected chi connectivity index (χ1v) is 6.50. The third-order valence-corrected chi connectivity index (χ3v) is 4.22. The van der Waals surface area contributed by atoms with E-state index in [1.165, 1.54) is 37.0 Å². The summed E-state index contributed by atoms with van der Waals surface area (Å²) in [4.78, 5) is 0. The Kier molecular flexibility index (Phi) is 4.86. The summed E-state index contributed by atoms with van der Waals surface area (Å²) in [5, 5.41) is 0. The summed E-state index contributed by atoms with van der Waals surface area (Å²) in [6.45, 7) is 7.38. The van der Waals surface area contributed by atoms with Crippen LogP contribution in [0.25, 0.3) is 0 Å². The predicted octanol–water partition coefficient (Wildman–Crippen LogP) is 3.99. The van der Waals surface area contributed by atoms with Crippen LogP contribution < -0.4 is 0 Å². The van der Waals surface area contributed by atoms with Crippen molar-refractivity contribution in [1.82, 2.24) is 0 Å². The minimum absolute atomic E-state index is 0.480. The van der Waals surface area contributed by atoms with Gasteiger partial charge in [0.1, 0.15) is 0 Å². The summed E-state index contributed by atoms with van der Waals surface area (Å²) in [6.07, 6.45) is 7.20. The Morgan fingerprint density at radius 3 is 2.79 bits per heavy atom. The SMILES string of the molecule is CC(C)=COCCC1(C)CCCCS1. The zero-order chi connectivity index (χ0) is 10.4. The Morgan fingerprint density at radius 2 is 2.21 bits per heavy atom. The minimum Gasteiger partial charge on any atom is -0.501 e. The summed E-state index contributed by atoms with van der Waals surface area (Å²) >= 11 is 2.12. The Hall–Kier alpha value is -0.110. The second kappa shape index (κ2) is 5.69. The molecular formula is C12H22OS. The van der Waals surface area contributed by atoms with Gasteiger partial charge < -0.3 is 4.74 Å². The maximum absolute atomic E-state index is 5.49. The lowest BCUT2D eigenvalue weighted by atomic mass is 9.99. The van der Waals surface area contributed by atoms with Crippen molar-refractivity contribution in [2.75, 3.05) is 12.4 Å². The van der Waals surface area contributed by atoms with Crippen LogP contribution in [0.15, 0.2) is 11.8 Å². The highest BCUT2D eigenvalue weighted by Crippen LogP contribution is 2.38. The highest BCUT2D eigenvalue weighted by molar-refractivity contribution is 8.00. The number of hydrogen-bond donors (Lipinski definition) is 0. The first kappa shape index (κ1) is 12.0.